The first kappa shape index (κ1) is 19.0. The van der Waals surface area contributed by atoms with E-state index in [-0.39, 0.29) is 17.1 Å². The second-order valence-electron chi connectivity index (χ2n) is 6.07. The number of nitrogens with one attached hydrogen (secondary N) is 1. The van der Waals surface area contributed by atoms with E-state index in [0.717, 1.165) is 6.07 Å². The van der Waals surface area contributed by atoms with Crippen molar-refractivity contribution in [3.05, 3.63) is 60.2 Å². The van der Waals surface area contributed by atoms with E-state index < -0.39 is 18.0 Å². The third-order valence-electron chi connectivity index (χ3n) is 4.23. The average molecular weight is 381 g/mol. The zero-order chi connectivity index (χ0) is 20.3. The second-order valence-corrected chi connectivity index (χ2v) is 6.07. The number of carbonyl (C=O) groups is 2. The Morgan fingerprint density at radius 2 is 1.64 bits per heavy atom. The molecule has 28 heavy (non-hydrogen) atoms. The molecule has 0 unspecified atom stereocenters. The topological polar surface area (TPSA) is 105 Å². The van der Waals surface area contributed by atoms with Gasteiger partial charge >= 0.3 is 5.97 Å². The molecule has 3 rings (SSSR count). The van der Waals surface area contributed by atoms with Gasteiger partial charge in [-0.2, -0.15) is 0 Å². The predicted molar refractivity (Wildman–Crippen MR) is 104 cm³/mol. The quantitative estimate of drug-likeness (QED) is 0.462. The van der Waals surface area contributed by atoms with Crippen molar-refractivity contribution in [1.29, 1.82) is 0 Å². The van der Waals surface area contributed by atoms with Gasteiger partial charge in [-0.3, -0.25) is 4.79 Å². The number of esters is 1. The van der Waals surface area contributed by atoms with E-state index >= 15 is 0 Å². The van der Waals surface area contributed by atoms with Crippen molar-refractivity contribution in [1.82, 2.24) is 0 Å². The summed E-state index contributed by atoms with van der Waals surface area (Å²) in [6.45, 7) is 1.40. The Hall–Kier alpha value is -3.74. The lowest BCUT2D eigenvalue weighted by Crippen LogP contribution is -2.30. The van der Waals surface area contributed by atoms with Gasteiger partial charge in [0.2, 0.25) is 0 Å². The van der Waals surface area contributed by atoms with E-state index in [9.17, 15) is 19.8 Å². The van der Waals surface area contributed by atoms with Crippen molar-refractivity contribution in [2.45, 2.75) is 13.0 Å². The molecule has 0 spiro atoms. The Balaban J connectivity index is 1.78. The number of fused-ring (bicyclic) bond motifs is 1. The molecule has 1 amide bonds. The molecular weight excluding hydrogens is 362 g/mol. The molecular formula is C21H19NO6. The molecule has 1 atom stereocenters. The molecule has 3 aromatic carbocycles. The highest BCUT2D eigenvalue weighted by atomic mass is 16.5. The van der Waals surface area contributed by atoms with E-state index in [2.05, 4.69) is 5.32 Å². The summed E-state index contributed by atoms with van der Waals surface area (Å²) in [6.07, 6.45) is -1.15. The smallest absolute Gasteiger partial charge is 0.342 e. The number of hydrogen-bond acceptors (Lipinski definition) is 6. The zero-order valence-electron chi connectivity index (χ0n) is 15.3. The molecule has 0 aliphatic heterocycles. The molecule has 0 radical (unpaired) electrons. The summed E-state index contributed by atoms with van der Waals surface area (Å²) in [5, 5.41) is 23.8. The van der Waals surface area contributed by atoms with Gasteiger partial charge in [0.1, 0.15) is 22.8 Å². The van der Waals surface area contributed by atoms with Crippen LogP contribution in [0.25, 0.3) is 10.8 Å². The van der Waals surface area contributed by atoms with Gasteiger partial charge in [0.05, 0.1) is 12.8 Å². The largest absolute Gasteiger partial charge is 0.507 e. The van der Waals surface area contributed by atoms with Crippen LogP contribution < -0.4 is 10.1 Å². The monoisotopic (exact) mass is 381 g/mol. The predicted octanol–water partition coefficient (Wildman–Crippen LogP) is 3.44. The minimum Gasteiger partial charge on any atom is -0.507 e. The van der Waals surface area contributed by atoms with E-state index in [1.54, 1.807) is 48.5 Å². The van der Waals surface area contributed by atoms with Crippen LogP contribution in [-0.4, -0.2) is 35.3 Å². The van der Waals surface area contributed by atoms with Gasteiger partial charge in [0, 0.05) is 10.8 Å². The van der Waals surface area contributed by atoms with Crippen LogP contribution in [0.4, 0.5) is 5.69 Å². The summed E-state index contributed by atoms with van der Waals surface area (Å²) in [6, 6.07) is 14.5. The first-order valence-electron chi connectivity index (χ1n) is 8.51. The Morgan fingerprint density at radius 1 is 1.00 bits per heavy atom. The highest BCUT2D eigenvalue weighted by Crippen LogP contribution is 2.35. The summed E-state index contributed by atoms with van der Waals surface area (Å²) in [5.74, 6) is -1.53. The summed E-state index contributed by atoms with van der Waals surface area (Å²) >= 11 is 0. The van der Waals surface area contributed by atoms with E-state index in [0.29, 0.717) is 22.2 Å². The molecule has 0 aliphatic carbocycles. The summed E-state index contributed by atoms with van der Waals surface area (Å²) in [4.78, 5) is 24.8. The lowest BCUT2D eigenvalue weighted by Gasteiger charge is -2.16. The van der Waals surface area contributed by atoms with Crippen molar-refractivity contribution >= 4 is 28.3 Å². The van der Waals surface area contributed by atoms with E-state index in [1.807, 2.05) is 0 Å². The SMILES string of the molecule is COc1ccccc1NC(=O)[C@H](C)OC(=O)c1cc(O)c2ccccc2c1O. The maximum atomic E-state index is 12.5. The standard InChI is InChI=1S/C21H19NO6/c1-12(20(25)22-16-9-5-6-10-18(16)27-2)28-21(26)15-11-17(23)13-7-3-4-8-14(13)19(15)24/h3-12,23-24H,1-2H3,(H,22,25)/t12-/m0/s1. The van der Waals surface area contributed by atoms with Crippen molar-refractivity contribution < 1.29 is 29.3 Å². The Bertz CT molecular complexity index is 1050. The average Bonchev–Trinajstić information content (AvgIpc) is 2.71. The minimum atomic E-state index is -1.15. The number of hydrogen-bond donors (Lipinski definition) is 3. The number of benzene rings is 3. The third-order valence-corrected chi connectivity index (χ3v) is 4.23. The maximum absolute atomic E-state index is 12.5. The van der Waals surface area contributed by atoms with Crippen LogP contribution in [0.15, 0.2) is 54.6 Å². The zero-order valence-corrected chi connectivity index (χ0v) is 15.3. The van der Waals surface area contributed by atoms with Crippen molar-refractivity contribution in [2.24, 2.45) is 0 Å². The van der Waals surface area contributed by atoms with Crippen LogP contribution in [0, 0.1) is 0 Å². The summed E-state index contributed by atoms with van der Waals surface area (Å²) in [5.41, 5.74) is 0.206. The second kappa shape index (κ2) is 7.87. The Kier molecular flexibility index (Phi) is 5.35. The molecule has 0 aromatic heterocycles. The molecule has 3 N–H and O–H groups in total. The first-order valence-corrected chi connectivity index (χ1v) is 8.51. The van der Waals surface area contributed by atoms with E-state index in [1.165, 1.54) is 14.0 Å². The number of para-hydroxylation sites is 2. The molecule has 0 saturated heterocycles. The highest BCUT2D eigenvalue weighted by molar-refractivity contribution is 6.05. The molecule has 3 aromatic rings. The van der Waals surface area contributed by atoms with Crippen molar-refractivity contribution in [2.75, 3.05) is 12.4 Å². The highest BCUT2D eigenvalue weighted by Gasteiger charge is 2.23. The number of carbonyl (C=O) groups excluding carboxylic acids is 2. The molecule has 0 heterocycles. The van der Waals surface area contributed by atoms with E-state index in [4.69, 9.17) is 9.47 Å². The normalized spacial score (nSPS) is 11.6. The number of amides is 1. The fourth-order valence-electron chi connectivity index (χ4n) is 2.76. The first-order chi connectivity index (χ1) is 13.4. The van der Waals surface area contributed by atoms with Crippen LogP contribution in [0.1, 0.15) is 17.3 Å². The van der Waals surface area contributed by atoms with Gasteiger partial charge in [0.15, 0.2) is 6.10 Å². The van der Waals surface area contributed by atoms with Crippen LogP contribution >= 0.6 is 0 Å². The molecule has 0 fully saturated rings. The fourth-order valence-corrected chi connectivity index (χ4v) is 2.76. The van der Waals surface area contributed by atoms with Gasteiger partial charge in [-0.15, -0.1) is 0 Å². The molecule has 0 saturated carbocycles. The number of phenols is 2. The number of anilines is 1. The van der Waals surface area contributed by atoms with Crippen molar-refractivity contribution in [3.8, 4) is 17.2 Å². The van der Waals surface area contributed by atoms with Gasteiger partial charge in [-0.05, 0) is 25.1 Å². The molecule has 0 bridgehead atoms. The van der Waals surface area contributed by atoms with Crippen molar-refractivity contribution in [3.63, 3.8) is 0 Å². The number of rotatable bonds is 5. The lowest BCUT2D eigenvalue weighted by atomic mass is 10.0. The van der Waals surface area contributed by atoms with Gasteiger partial charge in [-0.1, -0.05) is 36.4 Å². The third kappa shape index (κ3) is 3.68. The van der Waals surface area contributed by atoms with Crippen LogP contribution in [0.3, 0.4) is 0 Å². The summed E-state index contributed by atoms with van der Waals surface area (Å²) < 4.78 is 10.3. The van der Waals surface area contributed by atoms with Crippen LogP contribution in [0.5, 0.6) is 17.2 Å². The lowest BCUT2D eigenvalue weighted by molar-refractivity contribution is -0.123. The Morgan fingerprint density at radius 3 is 2.36 bits per heavy atom. The molecule has 7 nitrogen and oxygen atoms in total. The maximum Gasteiger partial charge on any atom is 0.342 e. The summed E-state index contributed by atoms with van der Waals surface area (Å²) in [7, 11) is 1.48. The number of aromatic hydroxyl groups is 2. The number of phenolic OH excluding ortho intramolecular Hbond substituents is 2. The van der Waals surface area contributed by atoms with Crippen LogP contribution in [-0.2, 0) is 9.53 Å². The minimum absolute atomic E-state index is 0.175. The number of methoxy groups -OCH3 is 1. The number of ether oxygens (including phenoxy) is 2. The molecule has 7 heteroatoms. The molecule has 144 valence electrons. The van der Waals surface area contributed by atoms with Crippen LogP contribution in [0.2, 0.25) is 0 Å². The molecule has 0 aliphatic rings. The van der Waals surface area contributed by atoms with Gasteiger partial charge in [0.25, 0.3) is 5.91 Å². The fraction of sp³-hybridized carbons (Fsp3) is 0.143. The van der Waals surface area contributed by atoms with Gasteiger partial charge in [-0.25, -0.2) is 4.79 Å². The van der Waals surface area contributed by atoms with Gasteiger partial charge < -0.3 is 25.0 Å². The Labute approximate surface area is 161 Å².